The van der Waals surface area contributed by atoms with Gasteiger partial charge in [0.25, 0.3) is 0 Å². The van der Waals surface area contributed by atoms with Gasteiger partial charge in [-0.05, 0) is 25.1 Å². The molecule has 1 N–H and O–H groups in total. The average Bonchev–Trinajstić information content (AvgIpc) is 2.85. The van der Waals surface area contributed by atoms with E-state index < -0.39 is 0 Å². The monoisotopic (exact) mass is 311 g/mol. The summed E-state index contributed by atoms with van der Waals surface area (Å²) in [6.07, 6.45) is 5.43. The summed E-state index contributed by atoms with van der Waals surface area (Å²) in [4.78, 5) is 3.97. The molecule has 0 aliphatic carbocycles. The van der Waals surface area contributed by atoms with Gasteiger partial charge in [0.15, 0.2) is 0 Å². The fourth-order valence-corrected chi connectivity index (χ4v) is 2.16. The minimum absolute atomic E-state index is 0.0222. The molecule has 0 spiro atoms. The second-order valence-corrected chi connectivity index (χ2v) is 5.06. The van der Waals surface area contributed by atoms with E-state index in [-0.39, 0.29) is 11.9 Å². The smallest absolute Gasteiger partial charge is 0.128 e. The lowest BCUT2D eigenvalue weighted by molar-refractivity contribution is 0.505. The minimum Gasteiger partial charge on any atom is -0.336 e. The number of hydrogen-bond acceptors (Lipinski definition) is 2. The summed E-state index contributed by atoms with van der Waals surface area (Å²) in [5.41, 5.74) is 0.676. The van der Waals surface area contributed by atoms with Crippen LogP contribution in [0.2, 0.25) is 0 Å². The molecule has 0 aliphatic heterocycles. The average molecular weight is 312 g/mol. The van der Waals surface area contributed by atoms with Crippen molar-refractivity contribution in [3.05, 3.63) is 52.8 Å². The van der Waals surface area contributed by atoms with Gasteiger partial charge in [-0.3, -0.25) is 0 Å². The number of nitrogens with one attached hydrogen (secondary N) is 1. The molecular weight excluding hydrogens is 297 g/mol. The van der Waals surface area contributed by atoms with Crippen molar-refractivity contribution in [2.75, 3.05) is 6.54 Å². The van der Waals surface area contributed by atoms with E-state index in [9.17, 15) is 4.39 Å². The fourth-order valence-electron chi connectivity index (χ4n) is 1.79. The van der Waals surface area contributed by atoms with E-state index in [0.717, 1.165) is 17.6 Å². The molecule has 1 unspecified atom stereocenters. The van der Waals surface area contributed by atoms with Gasteiger partial charge in [0.1, 0.15) is 5.82 Å². The van der Waals surface area contributed by atoms with Crippen LogP contribution in [-0.2, 0) is 6.54 Å². The molecule has 0 aliphatic rings. The molecular formula is C13H15BrFN3. The van der Waals surface area contributed by atoms with E-state index in [1.807, 2.05) is 23.8 Å². The van der Waals surface area contributed by atoms with Crippen molar-refractivity contribution in [3.63, 3.8) is 0 Å². The first kappa shape index (κ1) is 13.2. The van der Waals surface area contributed by atoms with Crippen molar-refractivity contribution >= 4 is 15.9 Å². The van der Waals surface area contributed by atoms with Crippen LogP contribution in [0, 0.1) is 5.82 Å². The van der Waals surface area contributed by atoms with Crippen LogP contribution in [0.5, 0.6) is 0 Å². The Morgan fingerprint density at radius 3 is 3.06 bits per heavy atom. The molecule has 1 heterocycles. The number of imidazole rings is 1. The molecule has 0 radical (unpaired) electrons. The standard InChI is InChI=1S/C13H15BrFN3/c1-10(12-8-11(14)2-3-13(12)15)17-5-7-18-6-4-16-9-18/h2-4,6,8-10,17H,5,7H2,1H3. The lowest BCUT2D eigenvalue weighted by Crippen LogP contribution is -2.23. The summed E-state index contributed by atoms with van der Waals surface area (Å²) in [5, 5.41) is 3.30. The summed E-state index contributed by atoms with van der Waals surface area (Å²) in [7, 11) is 0. The summed E-state index contributed by atoms with van der Waals surface area (Å²) in [5.74, 6) is -0.180. The zero-order valence-corrected chi connectivity index (χ0v) is 11.7. The zero-order valence-electron chi connectivity index (χ0n) is 10.1. The molecule has 3 nitrogen and oxygen atoms in total. The highest BCUT2D eigenvalue weighted by Crippen LogP contribution is 2.21. The molecule has 0 saturated carbocycles. The molecule has 0 amide bonds. The molecule has 1 aromatic heterocycles. The molecule has 1 aromatic carbocycles. The number of aromatic nitrogens is 2. The Kier molecular flexibility index (Phi) is 4.49. The van der Waals surface area contributed by atoms with Gasteiger partial charge in [-0.15, -0.1) is 0 Å². The van der Waals surface area contributed by atoms with Gasteiger partial charge >= 0.3 is 0 Å². The number of rotatable bonds is 5. The van der Waals surface area contributed by atoms with E-state index in [1.54, 1.807) is 18.6 Å². The molecule has 1 atom stereocenters. The predicted molar refractivity (Wildman–Crippen MR) is 72.7 cm³/mol. The minimum atomic E-state index is -0.180. The number of nitrogens with zero attached hydrogens (tertiary/aromatic N) is 2. The molecule has 0 saturated heterocycles. The van der Waals surface area contributed by atoms with Gasteiger partial charge in [0.05, 0.1) is 6.33 Å². The van der Waals surface area contributed by atoms with Crippen molar-refractivity contribution in [1.29, 1.82) is 0 Å². The number of halogens is 2. The van der Waals surface area contributed by atoms with Gasteiger partial charge in [-0.2, -0.15) is 0 Å². The zero-order chi connectivity index (χ0) is 13.0. The van der Waals surface area contributed by atoms with Gasteiger partial charge in [0.2, 0.25) is 0 Å². The highest BCUT2D eigenvalue weighted by molar-refractivity contribution is 9.10. The topological polar surface area (TPSA) is 29.9 Å². The first-order valence-corrected chi connectivity index (χ1v) is 6.60. The normalized spacial score (nSPS) is 12.6. The van der Waals surface area contributed by atoms with Gasteiger partial charge in [0, 0.05) is 41.6 Å². The Morgan fingerprint density at radius 2 is 2.33 bits per heavy atom. The van der Waals surface area contributed by atoms with Crippen molar-refractivity contribution < 1.29 is 4.39 Å². The lowest BCUT2D eigenvalue weighted by atomic mass is 10.1. The summed E-state index contributed by atoms with van der Waals surface area (Å²) in [6.45, 7) is 3.54. The van der Waals surface area contributed by atoms with Crippen molar-refractivity contribution in [2.24, 2.45) is 0 Å². The van der Waals surface area contributed by atoms with E-state index in [0.29, 0.717) is 5.56 Å². The maximum absolute atomic E-state index is 13.6. The maximum Gasteiger partial charge on any atom is 0.128 e. The molecule has 2 rings (SSSR count). The van der Waals surface area contributed by atoms with E-state index in [2.05, 4.69) is 26.2 Å². The second-order valence-electron chi connectivity index (χ2n) is 4.14. The Bertz CT molecular complexity index is 499. The van der Waals surface area contributed by atoms with E-state index in [4.69, 9.17) is 0 Å². The Morgan fingerprint density at radius 1 is 1.50 bits per heavy atom. The second kappa shape index (κ2) is 6.11. The van der Waals surface area contributed by atoms with Crippen LogP contribution in [-0.4, -0.2) is 16.1 Å². The Labute approximate surface area is 114 Å². The van der Waals surface area contributed by atoms with Crippen LogP contribution < -0.4 is 5.32 Å². The third-order valence-electron chi connectivity index (χ3n) is 2.80. The Hall–Kier alpha value is -1.20. The van der Waals surface area contributed by atoms with Gasteiger partial charge in [-0.1, -0.05) is 15.9 Å². The first-order chi connectivity index (χ1) is 8.66. The molecule has 0 fully saturated rings. The van der Waals surface area contributed by atoms with Crippen LogP contribution >= 0.6 is 15.9 Å². The summed E-state index contributed by atoms with van der Waals surface area (Å²) >= 11 is 3.36. The SMILES string of the molecule is CC(NCCn1ccnc1)c1cc(Br)ccc1F. The van der Waals surface area contributed by atoms with Crippen LogP contribution in [0.25, 0.3) is 0 Å². The molecule has 5 heteroatoms. The van der Waals surface area contributed by atoms with Crippen molar-refractivity contribution in [2.45, 2.75) is 19.5 Å². The lowest BCUT2D eigenvalue weighted by Gasteiger charge is -2.15. The quantitative estimate of drug-likeness (QED) is 0.919. The van der Waals surface area contributed by atoms with Gasteiger partial charge < -0.3 is 9.88 Å². The molecule has 2 aromatic rings. The maximum atomic E-state index is 13.6. The van der Waals surface area contributed by atoms with Gasteiger partial charge in [-0.25, -0.2) is 9.37 Å². The highest BCUT2D eigenvalue weighted by Gasteiger charge is 2.10. The van der Waals surface area contributed by atoms with E-state index >= 15 is 0 Å². The predicted octanol–water partition coefficient (Wildman–Crippen LogP) is 3.14. The highest BCUT2D eigenvalue weighted by atomic mass is 79.9. The molecule has 96 valence electrons. The van der Waals surface area contributed by atoms with Crippen molar-refractivity contribution in [1.82, 2.24) is 14.9 Å². The summed E-state index contributed by atoms with van der Waals surface area (Å²) in [6, 6.07) is 4.97. The summed E-state index contributed by atoms with van der Waals surface area (Å²) < 4.78 is 16.5. The van der Waals surface area contributed by atoms with E-state index in [1.165, 1.54) is 6.07 Å². The van der Waals surface area contributed by atoms with Crippen LogP contribution in [0.1, 0.15) is 18.5 Å². The first-order valence-electron chi connectivity index (χ1n) is 5.81. The molecule has 0 bridgehead atoms. The fraction of sp³-hybridized carbons (Fsp3) is 0.308. The Balaban J connectivity index is 1.91. The largest absolute Gasteiger partial charge is 0.336 e. The third-order valence-corrected chi connectivity index (χ3v) is 3.30. The number of hydrogen-bond donors (Lipinski definition) is 1. The van der Waals surface area contributed by atoms with Crippen molar-refractivity contribution in [3.8, 4) is 0 Å². The van der Waals surface area contributed by atoms with Crippen LogP contribution in [0.4, 0.5) is 4.39 Å². The van der Waals surface area contributed by atoms with Crippen LogP contribution in [0.3, 0.4) is 0 Å². The molecule has 18 heavy (non-hydrogen) atoms. The third kappa shape index (κ3) is 3.40. The van der Waals surface area contributed by atoms with Crippen LogP contribution in [0.15, 0.2) is 41.4 Å². The number of benzene rings is 1.